The maximum Gasteiger partial charge on any atom is 0.0298 e. The molecule has 2 aromatic rings. The standard InChI is InChI=1S/C19H26N2/c1-14(21-15(2)17-10-12-20-13-11-17)16-6-8-18(9-7-16)19(3,4)5/h6-15,21H,1-5H3. The van der Waals surface area contributed by atoms with E-state index in [4.69, 9.17) is 0 Å². The maximum absolute atomic E-state index is 4.07. The van der Waals surface area contributed by atoms with Crippen LogP contribution in [-0.2, 0) is 5.41 Å². The van der Waals surface area contributed by atoms with Gasteiger partial charge in [0.25, 0.3) is 0 Å². The van der Waals surface area contributed by atoms with E-state index in [1.807, 2.05) is 12.4 Å². The van der Waals surface area contributed by atoms with Gasteiger partial charge < -0.3 is 5.32 Å². The summed E-state index contributed by atoms with van der Waals surface area (Å²) in [6.07, 6.45) is 3.69. The summed E-state index contributed by atoms with van der Waals surface area (Å²) in [5.41, 5.74) is 4.17. The lowest BCUT2D eigenvalue weighted by Gasteiger charge is -2.23. The summed E-state index contributed by atoms with van der Waals surface area (Å²) in [6.45, 7) is 11.1. The molecular formula is C19H26N2. The Kier molecular flexibility index (Phi) is 4.79. The van der Waals surface area contributed by atoms with E-state index in [2.05, 4.69) is 81.3 Å². The van der Waals surface area contributed by atoms with Crippen LogP contribution in [0.25, 0.3) is 0 Å². The molecule has 2 nitrogen and oxygen atoms in total. The van der Waals surface area contributed by atoms with Crippen molar-refractivity contribution >= 4 is 0 Å². The fraction of sp³-hybridized carbons (Fsp3) is 0.421. The van der Waals surface area contributed by atoms with Gasteiger partial charge >= 0.3 is 0 Å². The quantitative estimate of drug-likeness (QED) is 0.872. The van der Waals surface area contributed by atoms with Crippen molar-refractivity contribution in [3.05, 3.63) is 65.5 Å². The number of benzene rings is 1. The Morgan fingerprint density at radius 1 is 0.810 bits per heavy atom. The minimum atomic E-state index is 0.208. The Morgan fingerprint density at radius 3 is 1.76 bits per heavy atom. The zero-order chi connectivity index (χ0) is 15.5. The van der Waals surface area contributed by atoms with Crippen LogP contribution >= 0.6 is 0 Å². The molecule has 2 atom stereocenters. The van der Waals surface area contributed by atoms with Gasteiger partial charge in [0, 0.05) is 24.5 Å². The van der Waals surface area contributed by atoms with Gasteiger partial charge in [0.05, 0.1) is 0 Å². The molecule has 0 fully saturated rings. The van der Waals surface area contributed by atoms with Crippen LogP contribution < -0.4 is 5.32 Å². The highest BCUT2D eigenvalue weighted by molar-refractivity contribution is 5.29. The third-order valence-electron chi connectivity index (χ3n) is 3.98. The van der Waals surface area contributed by atoms with E-state index < -0.39 is 0 Å². The Balaban J connectivity index is 2.05. The topological polar surface area (TPSA) is 24.9 Å². The van der Waals surface area contributed by atoms with Crippen LogP contribution in [0.2, 0.25) is 0 Å². The van der Waals surface area contributed by atoms with E-state index in [0.717, 1.165) is 0 Å². The number of nitrogens with one attached hydrogen (secondary N) is 1. The lowest BCUT2D eigenvalue weighted by molar-refractivity contribution is 0.494. The van der Waals surface area contributed by atoms with Gasteiger partial charge in [0.2, 0.25) is 0 Å². The third kappa shape index (κ3) is 4.15. The van der Waals surface area contributed by atoms with E-state index in [9.17, 15) is 0 Å². The van der Waals surface area contributed by atoms with Crippen molar-refractivity contribution in [2.24, 2.45) is 0 Å². The summed E-state index contributed by atoms with van der Waals surface area (Å²) >= 11 is 0. The molecule has 0 aliphatic rings. The number of hydrogen-bond donors (Lipinski definition) is 1. The number of aromatic nitrogens is 1. The van der Waals surface area contributed by atoms with Crippen LogP contribution in [0.5, 0.6) is 0 Å². The Hall–Kier alpha value is -1.67. The van der Waals surface area contributed by atoms with Gasteiger partial charge in [-0.1, -0.05) is 45.0 Å². The molecule has 21 heavy (non-hydrogen) atoms. The lowest BCUT2D eigenvalue weighted by Crippen LogP contribution is -2.22. The zero-order valence-corrected chi connectivity index (χ0v) is 13.7. The Bertz CT molecular complexity index is 552. The van der Waals surface area contributed by atoms with Crippen LogP contribution in [0.3, 0.4) is 0 Å². The van der Waals surface area contributed by atoms with E-state index >= 15 is 0 Å². The predicted octanol–water partition coefficient (Wildman–Crippen LogP) is 4.79. The van der Waals surface area contributed by atoms with Crippen molar-refractivity contribution in [1.82, 2.24) is 10.3 Å². The van der Waals surface area contributed by atoms with Gasteiger partial charge in [-0.2, -0.15) is 0 Å². The van der Waals surface area contributed by atoms with Crippen molar-refractivity contribution in [3.8, 4) is 0 Å². The summed E-state index contributed by atoms with van der Waals surface area (Å²) in [4.78, 5) is 4.07. The van der Waals surface area contributed by atoms with E-state index in [-0.39, 0.29) is 5.41 Å². The highest BCUT2D eigenvalue weighted by atomic mass is 14.9. The van der Waals surface area contributed by atoms with Gasteiger partial charge in [-0.15, -0.1) is 0 Å². The minimum Gasteiger partial charge on any atom is -0.304 e. The number of pyridine rings is 1. The first-order chi connectivity index (χ1) is 9.88. The molecule has 2 rings (SSSR count). The smallest absolute Gasteiger partial charge is 0.0298 e. The monoisotopic (exact) mass is 282 g/mol. The van der Waals surface area contributed by atoms with Crippen molar-refractivity contribution in [2.75, 3.05) is 0 Å². The number of rotatable bonds is 4. The molecule has 0 saturated carbocycles. The number of hydrogen-bond acceptors (Lipinski definition) is 2. The van der Waals surface area contributed by atoms with E-state index in [1.165, 1.54) is 16.7 Å². The molecule has 0 aliphatic carbocycles. The zero-order valence-electron chi connectivity index (χ0n) is 13.7. The molecule has 1 aromatic carbocycles. The molecule has 1 aromatic heterocycles. The molecule has 1 N–H and O–H groups in total. The van der Waals surface area contributed by atoms with Gasteiger partial charge in [-0.3, -0.25) is 4.98 Å². The first-order valence-electron chi connectivity index (χ1n) is 7.64. The highest BCUT2D eigenvalue weighted by Crippen LogP contribution is 2.25. The molecule has 0 amide bonds. The van der Waals surface area contributed by atoms with Crippen molar-refractivity contribution < 1.29 is 0 Å². The molecular weight excluding hydrogens is 256 g/mol. The lowest BCUT2D eigenvalue weighted by atomic mass is 9.86. The average Bonchev–Trinajstić information content (AvgIpc) is 2.47. The Labute approximate surface area is 128 Å². The first kappa shape index (κ1) is 15.7. The largest absolute Gasteiger partial charge is 0.304 e. The first-order valence-corrected chi connectivity index (χ1v) is 7.64. The molecule has 0 aliphatic heterocycles. The summed E-state index contributed by atoms with van der Waals surface area (Å²) in [5.74, 6) is 0. The molecule has 0 radical (unpaired) electrons. The van der Waals surface area contributed by atoms with Crippen molar-refractivity contribution in [1.29, 1.82) is 0 Å². The van der Waals surface area contributed by atoms with Gasteiger partial charge in [-0.05, 0) is 48.1 Å². The van der Waals surface area contributed by atoms with Crippen LogP contribution in [0.4, 0.5) is 0 Å². The molecule has 0 saturated heterocycles. The van der Waals surface area contributed by atoms with Gasteiger partial charge in [0.15, 0.2) is 0 Å². The van der Waals surface area contributed by atoms with Crippen LogP contribution in [0, 0.1) is 0 Å². The molecule has 2 heteroatoms. The third-order valence-corrected chi connectivity index (χ3v) is 3.98. The summed E-state index contributed by atoms with van der Waals surface area (Å²) < 4.78 is 0. The fourth-order valence-electron chi connectivity index (χ4n) is 2.49. The van der Waals surface area contributed by atoms with Gasteiger partial charge in [0.1, 0.15) is 0 Å². The molecule has 0 spiro atoms. The Morgan fingerprint density at radius 2 is 1.29 bits per heavy atom. The fourth-order valence-corrected chi connectivity index (χ4v) is 2.49. The van der Waals surface area contributed by atoms with E-state index in [1.54, 1.807) is 0 Å². The van der Waals surface area contributed by atoms with Crippen molar-refractivity contribution in [3.63, 3.8) is 0 Å². The van der Waals surface area contributed by atoms with Crippen LogP contribution in [-0.4, -0.2) is 4.98 Å². The van der Waals surface area contributed by atoms with Crippen LogP contribution in [0.15, 0.2) is 48.8 Å². The number of nitrogens with zero attached hydrogens (tertiary/aromatic N) is 1. The second kappa shape index (κ2) is 6.40. The predicted molar refractivity (Wildman–Crippen MR) is 89.3 cm³/mol. The second-order valence-electron chi connectivity index (χ2n) is 6.76. The second-order valence-corrected chi connectivity index (χ2v) is 6.76. The van der Waals surface area contributed by atoms with Crippen LogP contribution in [0.1, 0.15) is 63.4 Å². The molecule has 0 bridgehead atoms. The minimum absolute atomic E-state index is 0.208. The SMILES string of the molecule is CC(NC(C)c1ccc(C(C)(C)C)cc1)c1ccncc1. The molecule has 2 unspecified atom stereocenters. The van der Waals surface area contributed by atoms with Gasteiger partial charge in [-0.25, -0.2) is 0 Å². The summed E-state index contributed by atoms with van der Waals surface area (Å²) in [5, 5.41) is 3.64. The molecule has 1 heterocycles. The molecule has 112 valence electrons. The van der Waals surface area contributed by atoms with Crippen molar-refractivity contribution in [2.45, 2.75) is 52.1 Å². The summed E-state index contributed by atoms with van der Waals surface area (Å²) in [7, 11) is 0. The summed E-state index contributed by atoms with van der Waals surface area (Å²) in [6, 6.07) is 13.7. The normalized spacial score (nSPS) is 14.7. The van der Waals surface area contributed by atoms with E-state index in [0.29, 0.717) is 12.1 Å². The highest BCUT2D eigenvalue weighted by Gasteiger charge is 2.15. The maximum atomic E-state index is 4.07. The average molecular weight is 282 g/mol.